The molecule has 0 bridgehead atoms. The van der Waals surface area contributed by atoms with E-state index < -0.39 is 15.9 Å². The quantitative estimate of drug-likeness (QED) is 0.646. The number of ether oxygens (including phenoxy) is 3. The lowest BCUT2D eigenvalue weighted by atomic mass is 9.94. The van der Waals surface area contributed by atoms with Gasteiger partial charge in [-0.1, -0.05) is 0 Å². The third-order valence-corrected chi connectivity index (χ3v) is 6.94. The van der Waals surface area contributed by atoms with Crippen LogP contribution in [0.25, 0.3) is 0 Å². The fraction of sp³-hybridized carbons (Fsp3) is 0.727. The van der Waals surface area contributed by atoms with E-state index >= 15 is 0 Å². The molecule has 10 heteroatoms. The van der Waals surface area contributed by atoms with Gasteiger partial charge >= 0.3 is 6.09 Å². The van der Waals surface area contributed by atoms with Crippen molar-refractivity contribution in [1.82, 2.24) is 9.88 Å². The van der Waals surface area contributed by atoms with Gasteiger partial charge in [0.25, 0.3) is 0 Å². The summed E-state index contributed by atoms with van der Waals surface area (Å²) in [5.74, 6) is 0.622. The molecule has 1 aliphatic carbocycles. The number of aryl methyl sites for hydroxylation is 1. The third-order valence-electron chi connectivity index (χ3n) is 5.95. The van der Waals surface area contributed by atoms with Gasteiger partial charge in [-0.15, -0.1) is 0 Å². The Balaban J connectivity index is 1.40. The minimum absolute atomic E-state index is 0.0571. The van der Waals surface area contributed by atoms with Crippen LogP contribution in [0.2, 0.25) is 0 Å². The Hall–Kier alpha value is -1.91. The van der Waals surface area contributed by atoms with Crippen LogP contribution in [0.5, 0.6) is 5.75 Å². The molecule has 1 saturated heterocycles. The Morgan fingerprint density at radius 2 is 1.72 bits per heavy atom. The van der Waals surface area contributed by atoms with Gasteiger partial charge in [-0.25, -0.2) is 18.2 Å². The zero-order valence-corrected chi connectivity index (χ0v) is 19.8. The molecule has 2 aliphatic rings. The van der Waals surface area contributed by atoms with Crippen molar-refractivity contribution in [3.05, 3.63) is 17.8 Å². The molecule has 9 nitrogen and oxygen atoms in total. The van der Waals surface area contributed by atoms with Crippen molar-refractivity contribution in [2.45, 2.75) is 81.8 Å². The number of aliphatic hydroxyl groups is 1. The number of sulfone groups is 1. The number of carbonyl (C=O) groups is 1. The van der Waals surface area contributed by atoms with E-state index in [1.807, 2.05) is 0 Å². The summed E-state index contributed by atoms with van der Waals surface area (Å²) in [5.41, 5.74) is 0.574. The van der Waals surface area contributed by atoms with Gasteiger partial charge in [0.1, 0.15) is 11.9 Å². The lowest BCUT2D eigenvalue weighted by Crippen LogP contribution is -2.43. The smallest absolute Gasteiger partial charge is 0.410 e. The summed E-state index contributed by atoms with van der Waals surface area (Å²) < 4.78 is 40.8. The number of piperidine rings is 1. The number of pyridine rings is 1. The molecular weight excluding hydrogens is 436 g/mol. The molecule has 0 unspecified atom stereocenters. The zero-order valence-electron chi connectivity index (χ0n) is 19.0. The van der Waals surface area contributed by atoms with E-state index in [4.69, 9.17) is 19.3 Å². The standard InChI is InChI=1S/C22H34N2O7S/c1-15(14-25)29-22(26)24-12-10-19(11-13-24)30-17-4-6-18(7-5-17)31-20-8-9-21(23-16(20)2)32(3,27)28/h8-9,15,17-19,25H,4-7,10-14H2,1-3H3/t15-,17-,18-/m0/s1. The Morgan fingerprint density at radius 1 is 1.12 bits per heavy atom. The molecule has 0 aromatic carbocycles. The normalized spacial score (nSPS) is 23.6. The summed E-state index contributed by atoms with van der Waals surface area (Å²) in [5, 5.41) is 9.07. The van der Waals surface area contributed by atoms with Crippen LogP contribution in [-0.2, 0) is 19.3 Å². The first-order valence-electron chi connectivity index (χ1n) is 11.2. The van der Waals surface area contributed by atoms with Crippen LogP contribution < -0.4 is 4.74 Å². The van der Waals surface area contributed by atoms with Crippen LogP contribution in [0.1, 0.15) is 51.1 Å². The van der Waals surface area contributed by atoms with Gasteiger partial charge in [0.05, 0.1) is 30.6 Å². The van der Waals surface area contributed by atoms with E-state index in [1.54, 1.807) is 24.8 Å². The van der Waals surface area contributed by atoms with Gasteiger partial charge in [0.15, 0.2) is 14.9 Å². The fourth-order valence-corrected chi connectivity index (χ4v) is 4.67. The molecule has 3 rings (SSSR count). The number of carbonyl (C=O) groups excluding carboxylic acids is 1. The lowest BCUT2D eigenvalue weighted by molar-refractivity contribution is -0.0664. The number of rotatable bonds is 7. The molecule has 0 radical (unpaired) electrons. The molecule has 2 fully saturated rings. The predicted molar refractivity (Wildman–Crippen MR) is 117 cm³/mol. The van der Waals surface area contributed by atoms with Crippen LogP contribution in [0.15, 0.2) is 17.2 Å². The summed E-state index contributed by atoms with van der Waals surface area (Å²) in [6.07, 6.45) is 5.71. The highest BCUT2D eigenvalue weighted by Gasteiger charge is 2.29. The molecule has 1 aromatic heterocycles. The van der Waals surface area contributed by atoms with Crippen molar-refractivity contribution >= 4 is 15.9 Å². The first-order chi connectivity index (χ1) is 15.2. The second-order valence-corrected chi connectivity index (χ2v) is 10.7. The van der Waals surface area contributed by atoms with Gasteiger partial charge in [0.2, 0.25) is 0 Å². The summed E-state index contributed by atoms with van der Waals surface area (Å²) in [4.78, 5) is 17.9. The van der Waals surface area contributed by atoms with E-state index in [1.165, 1.54) is 6.07 Å². The Labute approximate surface area is 190 Å². The fourth-order valence-electron chi connectivity index (χ4n) is 4.05. The molecule has 1 saturated carbocycles. The van der Waals surface area contributed by atoms with Gasteiger partial charge < -0.3 is 24.2 Å². The number of nitrogens with zero attached hydrogens (tertiary/aromatic N) is 2. The maximum atomic E-state index is 12.0. The molecule has 1 atom stereocenters. The SMILES string of the molecule is Cc1nc(S(C)(=O)=O)ccc1O[C@H]1CC[C@H](OC2CCN(C(=O)O[C@@H](C)CO)CC2)CC1. The molecule has 32 heavy (non-hydrogen) atoms. The second kappa shape index (κ2) is 10.8. The van der Waals surface area contributed by atoms with Crippen molar-refractivity contribution in [3.8, 4) is 5.75 Å². The summed E-state index contributed by atoms with van der Waals surface area (Å²) in [6, 6.07) is 3.17. The zero-order chi connectivity index (χ0) is 23.3. The molecule has 1 N–H and O–H groups in total. The monoisotopic (exact) mass is 470 g/mol. The minimum atomic E-state index is -3.33. The van der Waals surface area contributed by atoms with Crippen molar-refractivity contribution in [2.75, 3.05) is 26.0 Å². The maximum Gasteiger partial charge on any atom is 0.410 e. The summed E-state index contributed by atoms with van der Waals surface area (Å²) in [6.45, 7) is 4.42. The largest absolute Gasteiger partial charge is 0.489 e. The van der Waals surface area contributed by atoms with Crippen LogP contribution in [0.3, 0.4) is 0 Å². The summed E-state index contributed by atoms with van der Waals surface area (Å²) in [7, 11) is -3.33. The highest BCUT2D eigenvalue weighted by molar-refractivity contribution is 7.90. The number of amides is 1. The van der Waals surface area contributed by atoms with E-state index in [-0.39, 0.29) is 36.0 Å². The van der Waals surface area contributed by atoms with Gasteiger partial charge in [-0.2, -0.15) is 0 Å². The molecule has 0 spiro atoms. The Morgan fingerprint density at radius 3 is 2.28 bits per heavy atom. The van der Waals surface area contributed by atoms with Crippen LogP contribution in [-0.4, -0.2) is 79.9 Å². The second-order valence-electron chi connectivity index (χ2n) is 8.72. The minimum Gasteiger partial charge on any atom is -0.489 e. The Bertz CT molecular complexity index is 876. The van der Waals surface area contributed by atoms with E-state index in [0.717, 1.165) is 44.8 Å². The van der Waals surface area contributed by atoms with Gasteiger partial charge in [0, 0.05) is 19.3 Å². The van der Waals surface area contributed by atoms with E-state index in [0.29, 0.717) is 24.5 Å². The average molecular weight is 471 g/mol. The first kappa shape index (κ1) is 24.7. The molecule has 180 valence electrons. The maximum absolute atomic E-state index is 12.0. The van der Waals surface area contributed by atoms with Crippen molar-refractivity contribution in [3.63, 3.8) is 0 Å². The molecule has 1 aromatic rings. The number of aliphatic hydroxyl groups excluding tert-OH is 1. The number of hydrogen-bond donors (Lipinski definition) is 1. The molecule has 1 aliphatic heterocycles. The van der Waals surface area contributed by atoms with Crippen molar-refractivity contribution < 1.29 is 32.5 Å². The number of hydrogen-bond acceptors (Lipinski definition) is 8. The van der Waals surface area contributed by atoms with Crippen LogP contribution in [0, 0.1) is 6.92 Å². The predicted octanol–water partition coefficient (Wildman–Crippen LogP) is 2.48. The van der Waals surface area contributed by atoms with Gasteiger partial charge in [-0.3, -0.25) is 0 Å². The number of likely N-dealkylation sites (tertiary alicyclic amines) is 1. The van der Waals surface area contributed by atoms with Crippen LogP contribution in [0.4, 0.5) is 4.79 Å². The van der Waals surface area contributed by atoms with Crippen LogP contribution >= 0.6 is 0 Å². The van der Waals surface area contributed by atoms with Crippen molar-refractivity contribution in [1.29, 1.82) is 0 Å². The third kappa shape index (κ3) is 6.79. The lowest BCUT2D eigenvalue weighted by Gasteiger charge is -2.36. The molecule has 2 heterocycles. The highest BCUT2D eigenvalue weighted by atomic mass is 32.2. The topological polar surface area (TPSA) is 115 Å². The molecule has 1 amide bonds. The highest BCUT2D eigenvalue weighted by Crippen LogP contribution is 2.29. The molecular formula is C22H34N2O7S. The average Bonchev–Trinajstić information content (AvgIpc) is 2.76. The Kier molecular flexibility index (Phi) is 8.35. The summed E-state index contributed by atoms with van der Waals surface area (Å²) >= 11 is 0. The van der Waals surface area contributed by atoms with Gasteiger partial charge in [-0.05, 0) is 64.5 Å². The first-order valence-corrected chi connectivity index (χ1v) is 13.1. The van der Waals surface area contributed by atoms with Crippen molar-refractivity contribution in [2.24, 2.45) is 0 Å². The number of aromatic nitrogens is 1. The van der Waals surface area contributed by atoms with E-state index in [9.17, 15) is 13.2 Å². The van der Waals surface area contributed by atoms with E-state index in [2.05, 4.69) is 4.98 Å².